The highest BCUT2D eigenvalue weighted by atomic mass is 16.5. The van der Waals surface area contributed by atoms with Crippen molar-refractivity contribution in [3.05, 3.63) is 71.9 Å². The number of H-pyrrole nitrogens is 1. The first-order chi connectivity index (χ1) is 13.5. The van der Waals surface area contributed by atoms with Crippen LogP contribution in [0.15, 0.2) is 60.8 Å². The lowest BCUT2D eigenvalue weighted by atomic mass is 10.0. The molecule has 0 spiro atoms. The van der Waals surface area contributed by atoms with Crippen molar-refractivity contribution in [2.75, 3.05) is 0 Å². The molecule has 3 aromatic rings. The minimum atomic E-state index is -1.01. The topological polar surface area (TPSA) is 114 Å². The van der Waals surface area contributed by atoms with Crippen LogP contribution >= 0.6 is 0 Å². The maximum atomic E-state index is 12.7. The molecule has 0 fully saturated rings. The SMILES string of the molecule is C[C@H](OC(=O)[C@@H](Cc1ccccc1)NC(N)=O)C(=O)c1c[nH]c2ccccc12. The Labute approximate surface area is 161 Å². The largest absolute Gasteiger partial charge is 0.453 e. The van der Waals surface area contributed by atoms with Crippen LogP contribution in [-0.4, -0.2) is 34.9 Å². The van der Waals surface area contributed by atoms with Crippen LogP contribution < -0.4 is 11.1 Å². The summed E-state index contributed by atoms with van der Waals surface area (Å²) in [4.78, 5) is 39.6. The third-order valence-corrected chi connectivity index (χ3v) is 4.40. The number of carbonyl (C=O) groups is 3. The average Bonchev–Trinajstić information content (AvgIpc) is 3.11. The zero-order chi connectivity index (χ0) is 20.1. The lowest BCUT2D eigenvalue weighted by Gasteiger charge is -2.19. The molecule has 144 valence electrons. The van der Waals surface area contributed by atoms with E-state index in [1.54, 1.807) is 6.20 Å². The number of nitrogens with one attached hydrogen (secondary N) is 2. The molecule has 0 aliphatic heterocycles. The molecule has 2 atom stereocenters. The predicted octanol–water partition coefficient (Wildman–Crippen LogP) is 2.56. The van der Waals surface area contributed by atoms with Crippen molar-refractivity contribution in [3.8, 4) is 0 Å². The van der Waals surface area contributed by atoms with Crippen LogP contribution in [0.25, 0.3) is 10.9 Å². The fourth-order valence-corrected chi connectivity index (χ4v) is 3.02. The Bertz CT molecular complexity index is 997. The van der Waals surface area contributed by atoms with Gasteiger partial charge in [0.05, 0.1) is 0 Å². The van der Waals surface area contributed by atoms with Gasteiger partial charge in [-0.1, -0.05) is 48.5 Å². The lowest BCUT2D eigenvalue weighted by molar-refractivity contribution is -0.148. The summed E-state index contributed by atoms with van der Waals surface area (Å²) in [5, 5.41) is 3.14. The standard InChI is InChI=1S/C21H21N3O4/c1-13(19(25)16-12-23-17-10-6-5-9-15(16)17)28-20(26)18(24-21(22)27)11-14-7-3-2-4-8-14/h2-10,12-13,18,23H,11H2,1H3,(H3,22,24,27)/t13-,18+/m0/s1. The van der Waals surface area contributed by atoms with Gasteiger partial charge in [-0.2, -0.15) is 0 Å². The molecular formula is C21H21N3O4. The van der Waals surface area contributed by atoms with E-state index in [0.717, 1.165) is 16.5 Å². The van der Waals surface area contributed by atoms with Gasteiger partial charge in [0.25, 0.3) is 0 Å². The Kier molecular flexibility index (Phi) is 5.74. The highest BCUT2D eigenvalue weighted by Crippen LogP contribution is 2.20. The number of aromatic nitrogens is 1. The number of para-hydroxylation sites is 1. The van der Waals surface area contributed by atoms with Crippen molar-refractivity contribution in [1.29, 1.82) is 0 Å². The molecule has 0 aliphatic carbocycles. The van der Waals surface area contributed by atoms with Crippen LogP contribution in [0.4, 0.5) is 4.79 Å². The van der Waals surface area contributed by atoms with Gasteiger partial charge in [0, 0.05) is 29.1 Å². The number of hydrogen-bond acceptors (Lipinski definition) is 4. The van der Waals surface area contributed by atoms with Gasteiger partial charge in [-0.05, 0) is 18.6 Å². The van der Waals surface area contributed by atoms with Crippen LogP contribution in [0, 0.1) is 0 Å². The van der Waals surface area contributed by atoms with Crippen LogP contribution in [0.2, 0.25) is 0 Å². The van der Waals surface area contributed by atoms with Crippen molar-refractivity contribution in [2.45, 2.75) is 25.5 Å². The van der Waals surface area contributed by atoms with Crippen LogP contribution in [0.5, 0.6) is 0 Å². The van der Waals surface area contributed by atoms with E-state index in [2.05, 4.69) is 10.3 Å². The Morgan fingerprint density at radius 3 is 2.46 bits per heavy atom. The first-order valence-corrected chi connectivity index (χ1v) is 8.86. The third-order valence-electron chi connectivity index (χ3n) is 4.40. The van der Waals surface area contributed by atoms with E-state index in [-0.39, 0.29) is 12.2 Å². The van der Waals surface area contributed by atoms with Crippen molar-refractivity contribution >= 4 is 28.7 Å². The highest BCUT2D eigenvalue weighted by molar-refractivity contribution is 6.10. The number of nitrogens with two attached hydrogens (primary N) is 1. The van der Waals surface area contributed by atoms with Crippen molar-refractivity contribution < 1.29 is 19.1 Å². The predicted molar refractivity (Wildman–Crippen MR) is 105 cm³/mol. The Morgan fingerprint density at radius 2 is 1.75 bits per heavy atom. The fourth-order valence-electron chi connectivity index (χ4n) is 3.02. The van der Waals surface area contributed by atoms with E-state index in [0.29, 0.717) is 5.56 Å². The maximum absolute atomic E-state index is 12.7. The number of aromatic amines is 1. The number of hydrogen-bond donors (Lipinski definition) is 3. The number of urea groups is 1. The van der Waals surface area contributed by atoms with Crippen LogP contribution in [0.1, 0.15) is 22.8 Å². The molecular weight excluding hydrogens is 358 g/mol. The van der Waals surface area contributed by atoms with Gasteiger partial charge < -0.3 is 20.8 Å². The minimum Gasteiger partial charge on any atom is -0.453 e. The van der Waals surface area contributed by atoms with E-state index in [1.807, 2.05) is 54.6 Å². The average molecular weight is 379 g/mol. The summed E-state index contributed by atoms with van der Waals surface area (Å²) in [6.07, 6.45) is 0.788. The first-order valence-electron chi connectivity index (χ1n) is 8.86. The monoisotopic (exact) mass is 379 g/mol. The number of fused-ring (bicyclic) bond motifs is 1. The summed E-state index contributed by atoms with van der Waals surface area (Å²) in [6, 6.07) is 14.7. The molecule has 7 nitrogen and oxygen atoms in total. The van der Waals surface area contributed by atoms with Gasteiger partial charge >= 0.3 is 12.0 Å². The van der Waals surface area contributed by atoms with E-state index in [9.17, 15) is 14.4 Å². The van der Waals surface area contributed by atoms with Crippen molar-refractivity contribution in [3.63, 3.8) is 0 Å². The summed E-state index contributed by atoms with van der Waals surface area (Å²) in [7, 11) is 0. The molecule has 28 heavy (non-hydrogen) atoms. The molecule has 0 radical (unpaired) electrons. The van der Waals surface area contributed by atoms with E-state index < -0.39 is 24.1 Å². The number of rotatable bonds is 7. The van der Waals surface area contributed by atoms with Crippen LogP contribution in [-0.2, 0) is 16.0 Å². The summed E-state index contributed by atoms with van der Waals surface area (Å²) in [5.74, 6) is -1.05. The molecule has 0 saturated carbocycles. The molecule has 0 bridgehead atoms. The number of Topliss-reactive ketones (excluding diaryl/α,β-unsaturated/α-hetero) is 1. The molecule has 7 heteroatoms. The second kappa shape index (κ2) is 8.39. The Morgan fingerprint density at radius 1 is 1.07 bits per heavy atom. The molecule has 0 aliphatic rings. The summed E-state index contributed by atoms with van der Waals surface area (Å²) < 4.78 is 5.35. The van der Waals surface area contributed by atoms with Gasteiger partial charge in [0.15, 0.2) is 6.10 Å². The van der Waals surface area contributed by atoms with E-state index in [1.165, 1.54) is 6.92 Å². The quantitative estimate of drug-likeness (QED) is 0.432. The molecule has 4 N–H and O–H groups in total. The van der Waals surface area contributed by atoms with Gasteiger partial charge in [0.1, 0.15) is 6.04 Å². The second-order valence-corrected chi connectivity index (χ2v) is 6.44. The lowest BCUT2D eigenvalue weighted by Crippen LogP contribution is -2.47. The zero-order valence-electron chi connectivity index (χ0n) is 15.3. The smallest absolute Gasteiger partial charge is 0.329 e. The van der Waals surface area contributed by atoms with Gasteiger partial charge in [0.2, 0.25) is 5.78 Å². The highest BCUT2D eigenvalue weighted by Gasteiger charge is 2.27. The number of primary amides is 1. The molecule has 0 unspecified atom stereocenters. The number of carbonyl (C=O) groups excluding carboxylic acids is 3. The normalized spacial score (nSPS) is 12.9. The molecule has 3 rings (SSSR count). The van der Waals surface area contributed by atoms with Crippen molar-refractivity contribution in [1.82, 2.24) is 10.3 Å². The third kappa shape index (κ3) is 4.37. The van der Waals surface area contributed by atoms with E-state index >= 15 is 0 Å². The second-order valence-electron chi connectivity index (χ2n) is 6.44. The molecule has 2 aromatic carbocycles. The Balaban J connectivity index is 1.72. The summed E-state index contributed by atoms with van der Waals surface area (Å²) >= 11 is 0. The van der Waals surface area contributed by atoms with Crippen molar-refractivity contribution in [2.24, 2.45) is 5.73 Å². The number of benzene rings is 2. The Hall–Kier alpha value is -3.61. The van der Waals surface area contributed by atoms with Crippen LogP contribution in [0.3, 0.4) is 0 Å². The molecule has 2 amide bonds. The number of ketones is 1. The summed E-state index contributed by atoms with van der Waals surface area (Å²) in [5.41, 5.74) is 7.28. The maximum Gasteiger partial charge on any atom is 0.329 e. The fraction of sp³-hybridized carbons (Fsp3) is 0.190. The zero-order valence-corrected chi connectivity index (χ0v) is 15.3. The molecule has 1 heterocycles. The number of esters is 1. The molecule has 1 aromatic heterocycles. The van der Waals surface area contributed by atoms with E-state index in [4.69, 9.17) is 10.5 Å². The summed E-state index contributed by atoms with van der Waals surface area (Å²) in [6.45, 7) is 1.51. The van der Waals surface area contributed by atoms with Gasteiger partial charge in [-0.3, -0.25) is 4.79 Å². The molecule has 0 saturated heterocycles. The van der Waals surface area contributed by atoms with Gasteiger partial charge in [-0.25, -0.2) is 9.59 Å². The number of ether oxygens (including phenoxy) is 1. The van der Waals surface area contributed by atoms with Gasteiger partial charge in [-0.15, -0.1) is 0 Å². The number of amides is 2. The first kappa shape index (κ1) is 19.2. The minimum absolute atomic E-state index is 0.205.